The molecule has 0 bridgehead atoms. The Morgan fingerprint density at radius 1 is 1.21 bits per heavy atom. The van der Waals surface area contributed by atoms with E-state index in [4.69, 9.17) is 9.52 Å². The smallest absolute Gasteiger partial charge is 0.232 e. The van der Waals surface area contributed by atoms with Crippen molar-refractivity contribution >= 4 is 5.96 Å². The molecule has 0 aliphatic carbocycles. The standard InChI is InChI=1S/C22H34N6O/c1-6-23-21(24-15-19-25-20(29-26-19)22(3,4)5)28-12-10-27(11-13-28)16-18-9-7-8-17(2)14-18/h7-9,14H,6,10-13,15-16H2,1-5H3,(H,23,24). The number of nitrogens with zero attached hydrogens (tertiary/aromatic N) is 5. The predicted octanol–water partition coefficient (Wildman–Crippen LogP) is 2.96. The monoisotopic (exact) mass is 398 g/mol. The van der Waals surface area contributed by atoms with E-state index >= 15 is 0 Å². The molecule has 0 radical (unpaired) electrons. The number of nitrogens with one attached hydrogen (secondary N) is 1. The van der Waals surface area contributed by atoms with Crippen LogP contribution < -0.4 is 5.32 Å². The first-order valence-electron chi connectivity index (χ1n) is 10.5. The molecule has 7 nitrogen and oxygen atoms in total. The zero-order valence-electron chi connectivity index (χ0n) is 18.4. The molecule has 1 fully saturated rings. The van der Waals surface area contributed by atoms with Gasteiger partial charge in [-0.25, -0.2) is 4.99 Å². The molecule has 1 aromatic carbocycles. The fraction of sp³-hybridized carbons (Fsp3) is 0.591. The minimum atomic E-state index is -0.146. The number of aliphatic imine (C=N–C) groups is 1. The normalized spacial score (nSPS) is 16.3. The molecule has 3 rings (SSSR count). The first kappa shape index (κ1) is 21.3. The summed E-state index contributed by atoms with van der Waals surface area (Å²) in [5.74, 6) is 2.20. The summed E-state index contributed by atoms with van der Waals surface area (Å²) in [6, 6.07) is 8.77. The van der Waals surface area contributed by atoms with E-state index in [0.29, 0.717) is 18.3 Å². The maximum atomic E-state index is 5.37. The second-order valence-corrected chi connectivity index (χ2v) is 8.69. The van der Waals surface area contributed by atoms with Crippen LogP contribution in [0.3, 0.4) is 0 Å². The van der Waals surface area contributed by atoms with Gasteiger partial charge in [-0.3, -0.25) is 4.90 Å². The summed E-state index contributed by atoms with van der Waals surface area (Å²) in [7, 11) is 0. The fourth-order valence-electron chi connectivity index (χ4n) is 3.38. The minimum Gasteiger partial charge on any atom is -0.357 e. The molecule has 29 heavy (non-hydrogen) atoms. The third-order valence-electron chi connectivity index (χ3n) is 4.98. The molecule has 7 heteroatoms. The molecule has 0 atom stereocenters. The second-order valence-electron chi connectivity index (χ2n) is 8.69. The molecule has 1 aliphatic heterocycles. The van der Waals surface area contributed by atoms with Crippen LogP contribution in [-0.2, 0) is 18.5 Å². The summed E-state index contributed by atoms with van der Waals surface area (Å²) in [6.45, 7) is 16.6. The summed E-state index contributed by atoms with van der Waals surface area (Å²) >= 11 is 0. The van der Waals surface area contributed by atoms with Crippen LogP contribution in [0.5, 0.6) is 0 Å². The highest BCUT2D eigenvalue weighted by atomic mass is 16.5. The molecule has 1 aromatic heterocycles. The Balaban J connectivity index is 1.57. The lowest BCUT2D eigenvalue weighted by atomic mass is 9.97. The summed E-state index contributed by atoms with van der Waals surface area (Å²) < 4.78 is 5.37. The lowest BCUT2D eigenvalue weighted by molar-refractivity contribution is 0.172. The van der Waals surface area contributed by atoms with E-state index in [1.807, 2.05) is 0 Å². The van der Waals surface area contributed by atoms with Crippen molar-refractivity contribution < 1.29 is 4.52 Å². The van der Waals surface area contributed by atoms with E-state index in [-0.39, 0.29) is 5.41 Å². The van der Waals surface area contributed by atoms with E-state index < -0.39 is 0 Å². The number of rotatable bonds is 5. The van der Waals surface area contributed by atoms with Crippen molar-refractivity contribution in [3.8, 4) is 0 Å². The zero-order chi connectivity index (χ0) is 20.9. The highest BCUT2D eigenvalue weighted by Crippen LogP contribution is 2.19. The van der Waals surface area contributed by atoms with Gasteiger partial charge in [-0.05, 0) is 19.4 Å². The van der Waals surface area contributed by atoms with Crippen LogP contribution in [-0.4, -0.2) is 58.6 Å². The Bertz CT molecular complexity index is 815. The van der Waals surface area contributed by atoms with Crippen LogP contribution in [0, 0.1) is 6.92 Å². The summed E-state index contributed by atoms with van der Waals surface area (Å²) in [5.41, 5.74) is 2.55. The van der Waals surface area contributed by atoms with Crippen LogP contribution in [0.25, 0.3) is 0 Å². The molecule has 1 N–H and O–H groups in total. The van der Waals surface area contributed by atoms with Crippen molar-refractivity contribution in [2.75, 3.05) is 32.7 Å². The zero-order valence-corrected chi connectivity index (χ0v) is 18.4. The van der Waals surface area contributed by atoms with Crippen molar-refractivity contribution in [2.24, 2.45) is 4.99 Å². The van der Waals surface area contributed by atoms with Crippen LogP contribution in [0.4, 0.5) is 0 Å². The Morgan fingerprint density at radius 3 is 2.59 bits per heavy atom. The van der Waals surface area contributed by atoms with E-state index in [1.165, 1.54) is 11.1 Å². The van der Waals surface area contributed by atoms with Crippen molar-refractivity contribution in [3.63, 3.8) is 0 Å². The molecule has 158 valence electrons. The number of piperazine rings is 1. The van der Waals surface area contributed by atoms with Gasteiger partial charge in [0.25, 0.3) is 0 Å². The number of aryl methyl sites for hydroxylation is 1. The largest absolute Gasteiger partial charge is 0.357 e. The lowest BCUT2D eigenvalue weighted by Crippen LogP contribution is -2.52. The molecular formula is C22H34N6O. The van der Waals surface area contributed by atoms with Gasteiger partial charge in [0.05, 0.1) is 0 Å². The van der Waals surface area contributed by atoms with Gasteiger partial charge in [-0.2, -0.15) is 4.98 Å². The van der Waals surface area contributed by atoms with E-state index in [0.717, 1.165) is 45.2 Å². The third kappa shape index (κ3) is 6.03. The Hall–Kier alpha value is -2.41. The van der Waals surface area contributed by atoms with Gasteiger partial charge in [0, 0.05) is 44.7 Å². The van der Waals surface area contributed by atoms with Crippen molar-refractivity contribution in [1.29, 1.82) is 0 Å². The highest BCUT2D eigenvalue weighted by molar-refractivity contribution is 5.80. The van der Waals surface area contributed by atoms with Gasteiger partial charge in [0.1, 0.15) is 6.54 Å². The first-order chi connectivity index (χ1) is 13.8. The van der Waals surface area contributed by atoms with Gasteiger partial charge >= 0.3 is 0 Å². The predicted molar refractivity (Wildman–Crippen MR) is 116 cm³/mol. The van der Waals surface area contributed by atoms with Gasteiger partial charge < -0.3 is 14.7 Å². The lowest BCUT2D eigenvalue weighted by Gasteiger charge is -2.36. The first-order valence-corrected chi connectivity index (χ1v) is 10.5. The number of aromatic nitrogens is 2. The van der Waals surface area contributed by atoms with Crippen molar-refractivity contribution in [3.05, 3.63) is 47.1 Å². The molecule has 2 aromatic rings. The fourth-order valence-corrected chi connectivity index (χ4v) is 3.38. The number of guanidine groups is 1. The minimum absolute atomic E-state index is 0.146. The van der Waals surface area contributed by atoms with Crippen LogP contribution in [0.15, 0.2) is 33.8 Å². The maximum Gasteiger partial charge on any atom is 0.232 e. The summed E-state index contributed by atoms with van der Waals surface area (Å²) in [4.78, 5) is 14.1. The number of benzene rings is 1. The maximum absolute atomic E-state index is 5.37. The highest BCUT2D eigenvalue weighted by Gasteiger charge is 2.22. The molecule has 0 spiro atoms. The van der Waals surface area contributed by atoms with Gasteiger partial charge in [-0.15, -0.1) is 0 Å². The average molecular weight is 399 g/mol. The Morgan fingerprint density at radius 2 is 1.97 bits per heavy atom. The van der Waals surface area contributed by atoms with E-state index in [9.17, 15) is 0 Å². The second kappa shape index (κ2) is 9.39. The van der Waals surface area contributed by atoms with Crippen molar-refractivity contribution in [2.45, 2.75) is 53.1 Å². The van der Waals surface area contributed by atoms with E-state index in [2.05, 4.69) is 84.1 Å². The topological polar surface area (TPSA) is 69.8 Å². The summed E-state index contributed by atoms with van der Waals surface area (Å²) in [5, 5.41) is 7.48. The Kier molecular flexibility index (Phi) is 6.90. The number of hydrogen-bond acceptors (Lipinski definition) is 5. The molecule has 0 unspecified atom stereocenters. The van der Waals surface area contributed by atoms with Gasteiger partial charge in [0.2, 0.25) is 5.89 Å². The van der Waals surface area contributed by atoms with Crippen LogP contribution in [0.1, 0.15) is 50.5 Å². The Labute approximate surface area is 174 Å². The molecular weight excluding hydrogens is 364 g/mol. The molecule has 0 saturated carbocycles. The van der Waals surface area contributed by atoms with Crippen LogP contribution in [0.2, 0.25) is 0 Å². The van der Waals surface area contributed by atoms with Gasteiger partial charge in [-0.1, -0.05) is 55.8 Å². The molecule has 2 heterocycles. The van der Waals surface area contributed by atoms with Crippen molar-refractivity contribution in [1.82, 2.24) is 25.3 Å². The molecule has 1 saturated heterocycles. The quantitative estimate of drug-likeness (QED) is 0.617. The molecule has 1 aliphatic rings. The summed E-state index contributed by atoms with van der Waals surface area (Å²) in [6.07, 6.45) is 0. The van der Waals surface area contributed by atoms with Crippen LogP contribution >= 0.6 is 0 Å². The number of hydrogen-bond donors (Lipinski definition) is 1. The average Bonchev–Trinajstić information content (AvgIpc) is 3.15. The SMILES string of the molecule is CCNC(=NCc1noc(C(C)(C)C)n1)N1CCN(Cc2cccc(C)c2)CC1. The van der Waals surface area contributed by atoms with Gasteiger partial charge in [0.15, 0.2) is 11.8 Å². The van der Waals surface area contributed by atoms with E-state index in [1.54, 1.807) is 0 Å². The molecule has 0 amide bonds. The third-order valence-corrected chi connectivity index (χ3v) is 4.98.